The molecule has 1 N–H and O–H groups in total. The predicted octanol–water partition coefficient (Wildman–Crippen LogP) is 2.88. The summed E-state index contributed by atoms with van der Waals surface area (Å²) in [4.78, 5) is 25.2. The lowest BCUT2D eigenvalue weighted by atomic mass is 10.1. The first-order valence-electron chi connectivity index (χ1n) is 8.00. The van der Waals surface area contributed by atoms with Crippen LogP contribution in [0.2, 0.25) is 0 Å². The van der Waals surface area contributed by atoms with Crippen LogP contribution in [0.3, 0.4) is 0 Å². The maximum Gasteiger partial charge on any atom is 0.254 e. The van der Waals surface area contributed by atoms with Crippen molar-refractivity contribution < 1.29 is 0 Å². The minimum absolute atomic E-state index is 0.0920. The van der Waals surface area contributed by atoms with Crippen LogP contribution < -0.4 is 5.56 Å². The molecule has 116 valence electrons. The molecule has 1 saturated carbocycles. The highest BCUT2D eigenvalue weighted by Gasteiger charge is 2.29. The molecule has 1 aliphatic carbocycles. The van der Waals surface area contributed by atoms with Crippen LogP contribution in [0.5, 0.6) is 0 Å². The lowest BCUT2D eigenvalue weighted by Gasteiger charge is -2.27. The molecule has 5 heteroatoms. The summed E-state index contributed by atoms with van der Waals surface area (Å²) >= 11 is 1.88. The normalized spacial score (nSPS) is 18.5. The van der Waals surface area contributed by atoms with Gasteiger partial charge >= 0.3 is 0 Å². The minimum Gasteiger partial charge on any atom is -0.310 e. The summed E-state index contributed by atoms with van der Waals surface area (Å²) in [5.41, 5.74) is 3.37. The van der Waals surface area contributed by atoms with E-state index in [9.17, 15) is 4.79 Å². The Labute approximate surface area is 134 Å². The molecular weight excluding hydrogens is 294 g/mol. The third-order valence-electron chi connectivity index (χ3n) is 4.73. The second kappa shape index (κ2) is 5.32. The third-order valence-corrected chi connectivity index (χ3v) is 5.87. The Bertz CT molecular complexity index is 753. The number of H-pyrrole nitrogens is 1. The van der Waals surface area contributed by atoms with Crippen molar-refractivity contribution in [1.29, 1.82) is 0 Å². The molecule has 4 nitrogen and oxygen atoms in total. The number of fused-ring (bicyclic) bond motifs is 1. The fourth-order valence-corrected chi connectivity index (χ4v) is 4.24. The maximum atomic E-state index is 12.2. The van der Waals surface area contributed by atoms with Crippen LogP contribution >= 0.6 is 11.3 Å². The third kappa shape index (κ3) is 2.63. The average molecular weight is 315 g/mol. The van der Waals surface area contributed by atoms with E-state index in [0.29, 0.717) is 5.92 Å². The van der Waals surface area contributed by atoms with Crippen molar-refractivity contribution in [2.45, 2.75) is 52.1 Å². The Morgan fingerprint density at radius 1 is 1.41 bits per heavy atom. The van der Waals surface area contributed by atoms with E-state index in [4.69, 9.17) is 4.98 Å². The molecule has 0 spiro atoms. The van der Waals surface area contributed by atoms with Gasteiger partial charge in [-0.05, 0) is 44.7 Å². The van der Waals surface area contributed by atoms with Gasteiger partial charge in [0.2, 0.25) is 0 Å². The molecule has 0 aromatic carbocycles. The standard InChI is InChI=1S/C17H21N3OS/c1-10-7-13(22-11(10)2)8-20-6-5-14-15(9-20)18-16(12-3-4-12)19-17(14)21/h7,12H,3-6,8-9H2,1-2H3,(H,18,19,21). The molecule has 0 amide bonds. The van der Waals surface area contributed by atoms with Crippen molar-refractivity contribution >= 4 is 11.3 Å². The molecule has 0 atom stereocenters. The van der Waals surface area contributed by atoms with Crippen LogP contribution in [-0.2, 0) is 19.5 Å². The highest BCUT2D eigenvalue weighted by atomic mass is 32.1. The first-order valence-corrected chi connectivity index (χ1v) is 8.82. The quantitative estimate of drug-likeness (QED) is 0.947. The van der Waals surface area contributed by atoms with Gasteiger partial charge < -0.3 is 4.98 Å². The molecule has 0 bridgehead atoms. The summed E-state index contributed by atoms with van der Waals surface area (Å²) in [6.45, 7) is 7.05. The van der Waals surface area contributed by atoms with Crippen LogP contribution in [0.4, 0.5) is 0 Å². The van der Waals surface area contributed by atoms with Crippen molar-refractivity contribution in [3.63, 3.8) is 0 Å². The number of rotatable bonds is 3. The zero-order valence-corrected chi connectivity index (χ0v) is 13.9. The van der Waals surface area contributed by atoms with Gasteiger partial charge in [0.15, 0.2) is 0 Å². The Hall–Kier alpha value is -1.46. The highest BCUT2D eigenvalue weighted by molar-refractivity contribution is 7.12. The van der Waals surface area contributed by atoms with E-state index in [2.05, 4.69) is 29.8 Å². The van der Waals surface area contributed by atoms with Crippen LogP contribution in [-0.4, -0.2) is 21.4 Å². The summed E-state index contributed by atoms with van der Waals surface area (Å²) in [5.74, 6) is 1.41. The summed E-state index contributed by atoms with van der Waals surface area (Å²) in [5, 5.41) is 0. The molecule has 4 rings (SSSR count). The van der Waals surface area contributed by atoms with Crippen molar-refractivity contribution in [1.82, 2.24) is 14.9 Å². The zero-order valence-electron chi connectivity index (χ0n) is 13.1. The van der Waals surface area contributed by atoms with Gasteiger partial charge in [-0.3, -0.25) is 9.69 Å². The Kier molecular flexibility index (Phi) is 3.42. The van der Waals surface area contributed by atoms with E-state index in [1.165, 1.54) is 28.2 Å². The number of hydrogen-bond donors (Lipinski definition) is 1. The number of aryl methyl sites for hydroxylation is 2. The molecule has 1 aliphatic heterocycles. The Morgan fingerprint density at radius 2 is 2.23 bits per heavy atom. The topological polar surface area (TPSA) is 49.0 Å². The van der Waals surface area contributed by atoms with Gasteiger partial charge in [-0.1, -0.05) is 0 Å². The van der Waals surface area contributed by atoms with Crippen LogP contribution in [0, 0.1) is 13.8 Å². The van der Waals surface area contributed by atoms with Gasteiger partial charge in [0.25, 0.3) is 5.56 Å². The van der Waals surface area contributed by atoms with Crippen molar-refractivity contribution in [2.75, 3.05) is 6.54 Å². The molecule has 1 fully saturated rings. The SMILES string of the molecule is Cc1cc(CN2CCc3c(nc(C4CC4)[nH]c3=O)C2)sc1C. The van der Waals surface area contributed by atoms with E-state index in [-0.39, 0.29) is 5.56 Å². The van der Waals surface area contributed by atoms with E-state index in [0.717, 1.165) is 43.1 Å². The first-order chi connectivity index (χ1) is 10.6. The van der Waals surface area contributed by atoms with Crippen LogP contribution in [0.25, 0.3) is 0 Å². The van der Waals surface area contributed by atoms with Gasteiger partial charge in [0, 0.05) is 40.9 Å². The smallest absolute Gasteiger partial charge is 0.254 e. The zero-order chi connectivity index (χ0) is 15.3. The highest BCUT2D eigenvalue weighted by Crippen LogP contribution is 2.37. The van der Waals surface area contributed by atoms with Crippen LogP contribution in [0.1, 0.15) is 51.2 Å². The lowest BCUT2D eigenvalue weighted by molar-refractivity contribution is 0.242. The number of aromatic amines is 1. The number of nitrogens with zero attached hydrogens (tertiary/aromatic N) is 2. The van der Waals surface area contributed by atoms with Crippen molar-refractivity contribution in [3.8, 4) is 0 Å². The largest absolute Gasteiger partial charge is 0.310 e. The second-order valence-corrected chi connectivity index (χ2v) is 7.90. The molecule has 0 radical (unpaired) electrons. The molecule has 2 aliphatic rings. The molecule has 0 unspecified atom stereocenters. The van der Waals surface area contributed by atoms with Gasteiger partial charge in [-0.2, -0.15) is 0 Å². The molecule has 22 heavy (non-hydrogen) atoms. The number of nitrogens with one attached hydrogen (secondary N) is 1. The van der Waals surface area contributed by atoms with Gasteiger partial charge in [-0.15, -0.1) is 11.3 Å². The van der Waals surface area contributed by atoms with Crippen molar-refractivity contribution in [3.05, 3.63) is 48.8 Å². The van der Waals surface area contributed by atoms with E-state index < -0.39 is 0 Å². The fourth-order valence-electron chi connectivity index (χ4n) is 3.15. The maximum absolute atomic E-state index is 12.2. The molecule has 2 aromatic rings. The van der Waals surface area contributed by atoms with E-state index in [1.54, 1.807) is 0 Å². The van der Waals surface area contributed by atoms with Gasteiger partial charge in [0.1, 0.15) is 5.82 Å². The summed E-state index contributed by atoms with van der Waals surface area (Å²) in [7, 11) is 0. The summed E-state index contributed by atoms with van der Waals surface area (Å²) in [6, 6.07) is 2.29. The van der Waals surface area contributed by atoms with Crippen molar-refractivity contribution in [2.24, 2.45) is 0 Å². The molecular formula is C17H21N3OS. The Balaban J connectivity index is 1.56. The predicted molar refractivity (Wildman–Crippen MR) is 88.4 cm³/mol. The monoisotopic (exact) mass is 315 g/mol. The number of aromatic nitrogens is 2. The molecule has 0 saturated heterocycles. The number of hydrogen-bond acceptors (Lipinski definition) is 4. The van der Waals surface area contributed by atoms with Gasteiger partial charge in [0.05, 0.1) is 5.69 Å². The lowest BCUT2D eigenvalue weighted by Crippen LogP contribution is -2.35. The molecule has 2 aromatic heterocycles. The first kappa shape index (κ1) is 14.2. The Morgan fingerprint density at radius 3 is 2.91 bits per heavy atom. The van der Waals surface area contributed by atoms with E-state index in [1.807, 2.05) is 11.3 Å². The fraction of sp³-hybridized carbons (Fsp3) is 0.529. The molecule has 3 heterocycles. The van der Waals surface area contributed by atoms with E-state index >= 15 is 0 Å². The average Bonchev–Trinajstić information content (AvgIpc) is 3.26. The number of thiophene rings is 1. The summed E-state index contributed by atoms with van der Waals surface area (Å²) < 4.78 is 0. The minimum atomic E-state index is 0.0920. The summed E-state index contributed by atoms with van der Waals surface area (Å²) in [6.07, 6.45) is 3.14. The second-order valence-electron chi connectivity index (χ2n) is 6.56. The van der Waals surface area contributed by atoms with Crippen LogP contribution in [0.15, 0.2) is 10.9 Å². The van der Waals surface area contributed by atoms with Gasteiger partial charge in [-0.25, -0.2) is 4.98 Å².